The average Bonchev–Trinajstić information content (AvgIpc) is 2.40. The van der Waals surface area contributed by atoms with Gasteiger partial charge in [0.2, 0.25) is 10.0 Å². The van der Waals surface area contributed by atoms with Crippen molar-refractivity contribution in [3.05, 3.63) is 29.6 Å². The first-order valence-corrected chi connectivity index (χ1v) is 8.24. The molecule has 0 saturated carbocycles. The number of hydrogen-bond acceptors (Lipinski definition) is 4. The van der Waals surface area contributed by atoms with Crippen molar-refractivity contribution in [2.45, 2.75) is 31.3 Å². The SMILES string of the molecule is CNCc1cc(S(=O)(=O)NC(COC)C(C)C)ccc1F. The van der Waals surface area contributed by atoms with Crippen LogP contribution in [-0.2, 0) is 21.3 Å². The molecule has 1 unspecified atom stereocenters. The van der Waals surface area contributed by atoms with Gasteiger partial charge in [0, 0.05) is 25.3 Å². The van der Waals surface area contributed by atoms with Crippen molar-refractivity contribution in [2.75, 3.05) is 20.8 Å². The predicted molar refractivity (Wildman–Crippen MR) is 80.0 cm³/mol. The zero-order valence-corrected chi connectivity index (χ0v) is 13.6. The predicted octanol–water partition coefficient (Wildman–Crippen LogP) is 1.49. The maximum absolute atomic E-state index is 13.6. The molecule has 21 heavy (non-hydrogen) atoms. The Morgan fingerprint density at radius 2 is 2.00 bits per heavy atom. The van der Waals surface area contributed by atoms with Gasteiger partial charge in [-0.2, -0.15) is 0 Å². The molecule has 0 radical (unpaired) electrons. The van der Waals surface area contributed by atoms with Gasteiger partial charge < -0.3 is 10.1 Å². The molecule has 0 aliphatic heterocycles. The number of halogens is 1. The molecule has 1 aromatic rings. The first-order chi connectivity index (χ1) is 9.81. The zero-order chi connectivity index (χ0) is 16.0. The molecule has 120 valence electrons. The van der Waals surface area contributed by atoms with E-state index in [9.17, 15) is 12.8 Å². The summed E-state index contributed by atoms with van der Waals surface area (Å²) in [5.74, 6) is -0.349. The lowest BCUT2D eigenvalue weighted by atomic mass is 10.1. The molecule has 0 spiro atoms. The quantitative estimate of drug-likeness (QED) is 0.762. The van der Waals surface area contributed by atoms with Crippen molar-refractivity contribution >= 4 is 10.0 Å². The summed E-state index contributed by atoms with van der Waals surface area (Å²) in [6, 6.07) is 3.44. The first kappa shape index (κ1) is 18.0. The third-order valence-electron chi connectivity index (χ3n) is 3.15. The van der Waals surface area contributed by atoms with E-state index in [1.165, 1.54) is 25.3 Å². The fourth-order valence-corrected chi connectivity index (χ4v) is 3.27. The number of methoxy groups -OCH3 is 1. The van der Waals surface area contributed by atoms with Crippen LogP contribution >= 0.6 is 0 Å². The Bertz CT molecular complexity index is 561. The van der Waals surface area contributed by atoms with Crippen molar-refractivity contribution in [3.8, 4) is 0 Å². The van der Waals surface area contributed by atoms with Crippen LogP contribution in [0.25, 0.3) is 0 Å². The lowest BCUT2D eigenvalue weighted by molar-refractivity contribution is 0.157. The molecule has 0 fully saturated rings. The van der Waals surface area contributed by atoms with E-state index in [0.29, 0.717) is 5.56 Å². The van der Waals surface area contributed by atoms with E-state index < -0.39 is 15.8 Å². The van der Waals surface area contributed by atoms with E-state index in [0.717, 1.165) is 0 Å². The van der Waals surface area contributed by atoms with Crippen LogP contribution in [-0.4, -0.2) is 35.2 Å². The van der Waals surface area contributed by atoms with Crippen LogP contribution < -0.4 is 10.0 Å². The summed E-state index contributed by atoms with van der Waals surface area (Å²) in [6.07, 6.45) is 0. The van der Waals surface area contributed by atoms with Gasteiger partial charge in [-0.1, -0.05) is 13.8 Å². The fraction of sp³-hybridized carbons (Fsp3) is 0.571. The van der Waals surface area contributed by atoms with E-state index >= 15 is 0 Å². The van der Waals surface area contributed by atoms with Gasteiger partial charge in [-0.15, -0.1) is 0 Å². The second-order valence-electron chi connectivity index (χ2n) is 5.21. The summed E-state index contributed by atoms with van der Waals surface area (Å²) in [7, 11) is -0.515. The minimum atomic E-state index is -3.71. The molecule has 0 amide bonds. The topological polar surface area (TPSA) is 67.4 Å². The second-order valence-corrected chi connectivity index (χ2v) is 6.92. The molecular weight excluding hydrogens is 295 g/mol. The molecule has 2 N–H and O–H groups in total. The van der Waals surface area contributed by atoms with Gasteiger partial charge in [0.15, 0.2) is 0 Å². The molecule has 0 saturated heterocycles. The van der Waals surface area contributed by atoms with E-state index in [1.54, 1.807) is 7.05 Å². The standard InChI is InChI=1S/C14H23FN2O3S/c1-10(2)14(9-20-4)17-21(18,19)12-5-6-13(15)11(7-12)8-16-3/h5-7,10,14,16-17H,8-9H2,1-4H3. The Balaban J connectivity index is 3.04. The highest BCUT2D eigenvalue weighted by Crippen LogP contribution is 2.16. The summed E-state index contributed by atoms with van der Waals surface area (Å²) in [6.45, 7) is 4.36. The van der Waals surface area contributed by atoms with Crippen molar-refractivity contribution in [3.63, 3.8) is 0 Å². The van der Waals surface area contributed by atoms with Gasteiger partial charge in [0.05, 0.1) is 11.5 Å². The fourth-order valence-electron chi connectivity index (χ4n) is 1.85. The van der Waals surface area contributed by atoms with Crippen molar-refractivity contribution in [1.82, 2.24) is 10.0 Å². The Kier molecular flexibility index (Phi) is 6.73. The number of sulfonamides is 1. The Morgan fingerprint density at radius 1 is 1.33 bits per heavy atom. The maximum Gasteiger partial charge on any atom is 0.240 e. The van der Waals surface area contributed by atoms with Gasteiger partial charge in [-0.05, 0) is 31.2 Å². The maximum atomic E-state index is 13.6. The number of hydrogen-bond donors (Lipinski definition) is 2. The molecule has 5 nitrogen and oxygen atoms in total. The molecule has 1 rings (SSSR count). The van der Waals surface area contributed by atoms with Gasteiger partial charge >= 0.3 is 0 Å². The number of benzene rings is 1. The Labute approximate surface area is 125 Å². The van der Waals surface area contributed by atoms with Crippen LogP contribution in [0.15, 0.2) is 23.1 Å². The summed E-state index contributed by atoms with van der Waals surface area (Å²) in [4.78, 5) is 0.0518. The molecule has 7 heteroatoms. The third-order valence-corrected chi connectivity index (χ3v) is 4.64. The lowest BCUT2D eigenvalue weighted by Crippen LogP contribution is -2.41. The van der Waals surface area contributed by atoms with Crippen LogP contribution in [0.1, 0.15) is 19.4 Å². The van der Waals surface area contributed by atoms with Crippen LogP contribution in [0.5, 0.6) is 0 Å². The Morgan fingerprint density at radius 3 is 2.52 bits per heavy atom. The molecule has 0 heterocycles. The van der Waals surface area contributed by atoms with Gasteiger partial charge in [-0.25, -0.2) is 17.5 Å². The monoisotopic (exact) mass is 318 g/mol. The summed E-state index contributed by atoms with van der Waals surface area (Å²) in [5.41, 5.74) is 0.313. The third kappa shape index (κ3) is 5.03. The van der Waals surface area contributed by atoms with E-state index in [4.69, 9.17) is 4.74 Å². The van der Waals surface area contributed by atoms with E-state index in [1.807, 2.05) is 13.8 Å². The summed E-state index contributed by atoms with van der Waals surface area (Å²) >= 11 is 0. The van der Waals surface area contributed by atoms with Crippen LogP contribution in [0.4, 0.5) is 4.39 Å². The molecular formula is C14H23FN2O3S. The normalized spacial score (nSPS) is 13.6. The summed E-state index contributed by atoms with van der Waals surface area (Å²) < 4.78 is 46.0. The minimum absolute atomic E-state index is 0.0518. The minimum Gasteiger partial charge on any atom is -0.383 e. The van der Waals surface area contributed by atoms with Crippen LogP contribution in [0.3, 0.4) is 0 Å². The second kappa shape index (κ2) is 7.84. The lowest BCUT2D eigenvalue weighted by Gasteiger charge is -2.21. The molecule has 0 aliphatic rings. The van der Waals surface area contributed by atoms with Crippen molar-refractivity contribution in [2.24, 2.45) is 5.92 Å². The van der Waals surface area contributed by atoms with Crippen LogP contribution in [0.2, 0.25) is 0 Å². The van der Waals surface area contributed by atoms with E-state index in [2.05, 4.69) is 10.0 Å². The van der Waals surface area contributed by atoms with Gasteiger partial charge in [-0.3, -0.25) is 0 Å². The highest BCUT2D eigenvalue weighted by atomic mass is 32.2. The molecule has 0 aliphatic carbocycles. The van der Waals surface area contributed by atoms with E-state index in [-0.39, 0.29) is 30.0 Å². The number of rotatable bonds is 8. The zero-order valence-electron chi connectivity index (χ0n) is 12.8. The highest BCUT2D eigenvalue weighted by molar-refractivity contribution is 7.89. The van der Waals surface area contributed by atoms with Crippen molar-refractivity contribution in [1.29, 1.82) is 0 Å². The molecule has 0 bridgehead atoms. The Hall–Kier alpha value is -1.02. The molecule has 1 aromatic carbocycles. The van der Waals surface area contributed by atoms with Gasteiger partial charge in [0.1, 0.15) is 5.82 Å². The number of ether oxygens (including phenoxy) is 1. The number of nitrogens with one attached hydrogen (secondary N) is 2. The smallest absolute Gasteiger partial charge is 0.240 e. The largest absolute Gasteiger partial charge is 0.383 e. The molecule has 1 atom stereocenters. The van der Waals surface area contributed by atoms with Crippen molar-refractivity contribution < 1.29 is 17.5 Å². The van der Waals surface area contributed by atoms with Gasteiger partial charge in [0.25, 0.3) is 0 Å². The average molecular weight is 318 g/mol. The van der Waals surface area contributed by atoms with Crippen LogP contribution in [0, 0.1) is 11.7 Å². The first-order valence-electron chi connectivity index (χ1n) is 6.76. The molecule has 0 aromatic heterocycles. The summed E-state index contributed by atoms with van der Waals surface area (Å²) in [5, 5.41) is 2.81. The highest BCUT2D eigenvalue weighted by Gasteiger charge is 2.23.